The van der Waals surface area contributed by atoms with Gasteiger partial charge in [0.2, 0.25) is 5.91 Å². The molecule has 1 atom stereocenters. The van der Waals surface area contributed by atoms with Crippen LogP contribution in [0, 0.1) is 0 Å². The van der Waals surface area contributed by atoms with Gasteiger partial charge in [-0.3, -0.25) is 19.7 Å². The molecule has 0 aliphatic carbocycles. The fourth-order valence-electron chi connectivity index (χ4n) is 3.74. The fourth-order valence-corrected chi connectivity index (χ4v) is 4.60. The van der Waals surface area contributed by atoms with Crippen molar-refractivity contribution >= 4 is 34.8 Å². The van der Waals surface area contributed by atoms with Crippen LogP contribution in [0.15, 0.2) is 72.8 Å². The Morgan fingerprint density at radius 3 is 2.21 bits per heavy atom. The summed E-state index contributed by atoms with van der Waals surface area (Å²) in [5.41, 5.74) is 4.33. The molecule has 1 N–H and O–H groups in total. The number of hydrogen-bond acceptors (Lipinski definition) is 6. The Bertz CT molecular complexity index is 1250. The lowest BCUT2D eigenvalue weighted by molar-refractivity contribution is -0.255. The van der Waals surface area contributed by atoms with Crippen LogP contribution < -0.4 is 10.4 Å². The molecule has 0 aromatic heterocycles. The Morgan fingerprint density at radius 1 is 0.912 bits per heavy atom. The Balaban J connectivity index is 1.42. The molecule has 4 rings (SSSR count). The highest BCUT2D eigenvalue weighted by Crippen LogP contribution is 2.26. The SMILES string of the molecule is CN(Cc1cccc(-c2ccc(CC3SC(=O)NC3=O)cc2)c1)C(=O)c1ccc(C(=O)[O-])cc1. The molecule has 7 nitrogen and oxygen atoms in total. The molecular formula is C26H21N2O5S-. The van der Waals surface area contributed by atoms with Crippen molar-refractivity contribution in [2.45, 2.75) is 18.2 Å². The minimum atomic E-state index is -1.28. The molecule has 1 fully saturated rings. The van der Waals surface area contributed by atoms with Crippen molar-refractivity contribution in [2.75, 3.05) is 7.05 Å². The molecule has 0 bridgehead atoms. The van der Waals surface area contributed by atoms with Crippen LogP contribution in [-0.4, -0.2) is 40.2 Å². The van der Waals surface area contributed by atoms with Crippen molar-refractivity contribution in [3.05, 3.63) is 95.1 Å². The maximum absolute atomic E-state index is 12.7. The van der Waals surface area contributed by atoms with Gasteiger partial charge in [-0.05, 0) is 52.4 Å². The highest BCUT2D eigenvalue weighted by atomic mass is 32.2. The molecule has 0 saturated carbocycles. The van der Waals surface area contributed by atoms with E-state index in [1.807, 2.05) is 48.5 Å². The number of carboxylic acids is 1. The number of imide groups is 1. The number of carbonyl (C=O) groups is 4. The lowest BCUT2D eigenvalue weighted by Crippen LogP contribution is -2.26. The van der Waals surface area contributed by atoms with Gasteiger partial charge in [0.05, 0.1) is 11.2 Å². The zero-order valence-corrected chi connectivity index (χ0v) is 19.1. The molecule has 1 saturated heterocycles. The molecule has 34 heavy (non-hydrogen) atoms. The molecular weight excluding hydrogens is 452 g/mol. The third-order valence-electron chi connectivity index (χ3n) is 5.54. The van der Waals surface area contributed by atoms with Crippen molar-refractivity contribution in [2.24, 2.45) is 0 Å². The second kappa shape index (κ2) is 9.93. The first-order valence-corrected chi connectivity index (χ1v) is 11.4. The lowest BCUT2D eigenvalue weighted by Gasteiger charge is -2.18. The van der Waals surface area contributed by atoms with Crippen molar-refractivity contribution in [3.63, 3.8) is 0 Å². The van der Waals surface area contributed by atoms with Crippen molar-refractivity contribution < 1.29 is 24.3 Å². The fraction of sp³-hybridized carbons (Fsp3) is 0.154. The predicted molar refractivity (Wildman–Crippen MR) is 127 cm³/mol. The van der Waals surface area contributed by atoms with E-state index in [-0.39, 0.29) is 22.6 Å². The van der Waals surface area contributed by atoms with Crippen LogP contribution in [0.3, 0.4) is 0 Å². The van der Waals surface area contributed by atoms with E-state index < -0.39 is 11.2 Å². The first kappa shape index (κ1) is 23.3. The van der Waals surface area contributed by atoms with E-state index in [4.69, 9.17) is 0 Å². The zero-order valence-electron chi connectivity index (χ0n) is 18.3. The number of hydrogen-bond donors (Lipinski definition) is 1. The summed E-state index contributed by atoms with van der Waals surface area (Å²) in [5, 5.41) is 12.5. The number of nitrogens with zero attached hydrogens (tertiary/aromatic N) is 1. The first-order valence-electron chi connectivity index (χ1n) is 10.6. The Kier molecular flexibility index (Phi) is 6.79. The number of thioether (sulfide) groups is 1. The van der Waals surface area contributed by atoms with Crippen molar-refractivity contribution in [1.82, 2.24) is 10.2 Å². The van der Waals surface area contributed by atoms with Gasteiger partial charge in [0.15, 0.2) is 0 Å². The number of carboxylic acid groups (broad SMARTS) is 1. The van der Waals surface area contributed by atoms with E-state index >= 15 is 0 Å². The number of aromatic carboxylic acids is 1. The van der Waals surface area contributed by atoms with Crippen LogP contribution >= 0.6 is 11.8 Å². The van der Waals surface area contributed by atoms with E-state index in [2.05, 4.69) is 5.32 Å². The lowest BCUT2D eigenvalue weighted by atomic mass is 10.00. The van der Waals surface area contributed by atoms with E-state index in [1.165, 1.54) is 24.3 Å². The van der Waals surface area contributed by atoms with E-state index in [0.29, 0.717) is 18.5 Å². The van der Waals surface area contributed by atoms with E-state index in [1.54, 1.807) is 11.9 Å². The average molecular weight is 474 g/mol. The molecule has 3 aromatic carbocycles. The molecule has 0 radical (unpaired) electrons. The summed E-state index contributed by atoms with van der Waals surface area (Å²) in [7, 11) is 1.69. The number of amides is 3. The van der Waals surface area contributed by atoms with Crippen LogP contribution in [0.1, 0.15) is 31.8 Å². The summed E-state index contributed by atoms with van der Waals surface area (Å²) in [6, 6.07) is 21.4. The molecule has 1 aliphatic rings. The van der Waals surface area contributed by atoms with Crippen molar-refractivity contribution in [3.8, 4) is 11.1 Å². The van der Waals surface area contributed by atoms with E-state index in [0.717, 1.165) is 34.0 Å². The Morgan fingerprint density at radius 2 is 1.59 bits per heavy atom. The molecule has 1 aliphatic heterocycles. The van der Waals surface area contributed by atoms with Gasteiger partial charge in [0, 0.05) is 19.2 Å². The third-order valence-corrected chi connectivity index (χ3v) is 6.52. The minimum absolute atomic E-state index is 0.0247. The topological polar surface area (TPSA) is 107 Å². The molecule has 1 heterocycles. The normalized spacial score (nSPS) is 15.1. The quantitative estimate of drug-likeness (QED) is 0.566. The van der Waals surface area contributed by atoms with Gasteiger partial charge in [-0.25, -0.2) is 0 Å². The number of nitrogens with one attached hydrogen (secondary N) is 1. The van der Waals surface area contributed by atoms with Gasteiger partial charge >= 0.3 is 0 Å². The molecule has 8 heteroatoms. The van der Waals surface area contributed by atoms with E-state index in [9.17, 15) is 24.3 Å². The van der Waals surface area contributed by atoms with Crippen LogP contribution in [0.2, 0.25) is 0 Å². The minimum Gasteiger partial charge on any atom is -0.545 e. The summed E-state index contributed by atoms with van der Waals surface area (Å²) in [5.74, 6) is -1.75. The largest absolute Gasteiger partial charge is 0.545 e. The van der Waals surface area contributed by atoms with Gasteiger partial charge in [-0.2, -0.15) is 0 Å². The smallest absolute Gasteiger partial charge is 0.286 e. The van der Waals surface area contributed by atoms with Crippen LogP contribution in [0.25, 0.3) is 11.1 Å². The number of benzene rings is 3. The van der Waals surface area contributed by atoms with Gasteiger partial charge in [0.25, 0.3) is 11.1 Å². The predicted octanol–water partition coefficient (Wildman–Crippen LogP) is 2.88. The second-order valence-electron chi connectivity index (χ2n) is 8.01. The summed E-state index contributed by atoms with van der Waals surface area (Å²) >= 11 is 1.02. The van der Waals surface area contributed by atoms with Gasteiger partial charge < -0.3 is 14.8 Å². The summed E-state index contributed by atoms with van der Waals surface area (Å²) in [4.78, 5) is 48.3. The van der Waals surface area contributed by atoms with Gasteiger partial charge in [-0.15, -0.1) is 0 Å². The first-order chi connectivity index (χ1) is 16.3. The standard InChI is InChI=1S/C26H22N2O5S/c1-28(24(30)19-9-11-20(12-10-19)25(31)32)15-17-3-2-4-21(13-17)18-7-5-16(6-8-18)14-22-23(29)27-26(33)34-22/h2-13,22H,14-15H2,1H3,(H,31,32)(H,27,29,33)/p-1. The summed E-state index contributed by atoms with van der Waals surface area (Å²) in [6.07, 6.45) is 0.486. The zero-order chi connectivity index (χ0) is 24.2. The molecule has 1 unspecified atom stereocenters. The highest BCUT2D eigenvalue weighted by molar-refractivity contribution is 8.15. The number of rotatable bonds is 7. The monoisotopic (exact) mass is 473 g/mol. The molecule has 0 spiro atoms. The third kappa shape index (κ3) is 5.35. The highest BCUT2D eigenvalue weighted by Gasteiger charge is 2.31. The van der Waals surface area contributed by atoms with Gasteiger partial charge in [0.1, 0.15) is 0 Å². The Labute approximate surface area is 200 Å². The van der Waals surface area contributed by atoms with Crippen LogP contribution in [0.4, 0.5) is 4.79 Å². The maximum Gasteiger partial charge on any atom is 0.286 e. The average Bonchev–Trinajstić information content (AvgIpc) is 3.15. The maximum atomic E-state index is 12.7. The molecule has 3 aromatic rings. The van der Waals surface area contributed by atoms with Crippen molar-refractivity contribution in [1.29, 1.82) is 0 Å². The van der Waals surface area contributed by atoms with Crippen LogP contribution in [-0.2, 0) is 17.8 Å². The molecule has 3 amide bonds. The van der Waals surface area contributed by atoms with Gasteiger partial charge in [-0.1, -0.05) is 66.4 Å². The summed E-state index contributed by atoms with van der Waals surface area (Å²) < 4.78 is 0. The second-order valence-corrected chi connectivity index (χ2v) is 9.19. The van der Waals surface area contributed by atoms with Crippen LogP contribution in [0.5, 0.6) is 0 Å². The number of carbonyl (C=O) groups excluding carboxylic acids is 4. The Hall–Kier alpha value is -3.91. The summed E-state index contributed by atoms with van der Waals surface area (Å²) in [6.45, 7) is 0.384. The molecule has 172 valence electrons.